The summed E-state index contributed by atoms with van der Waals surface area (Å²) in [5.74, 6) is 0.794. The van der Waals surface area contributed by atoms with Gasteiger partial charge in [0.25, 0.3) is 0 Å². The van der Waals surface area contributed by atoms with Gasteiger partial charge in [-0.25, -0.2) is 0 Å². The van der Waals surface area contributed by atoms with Crippen LogP contribution in [0, 0.1) is 0 Å². The monoisotopic (exact) mass is 375 g/mol. The molecule has 1 heterocycles. The molecule has 0 radical (unpaired) electrons. The van der Waals surface area contributed by atoms with Crippen molar-refractivity contribution >= 4 is 25.0 Å². The Morgan fingerprint density at radius 1 is 1.32 bits per heavy atom. The van der Waals surface area contributed by atoms with Gasteiger partial charge in [0.05, 0.1) is 0 Å². The van der Waals surface area contributed by atoms with Crippen LogP contribution >= 0.6 is 0 Å². The molecule has 0 aromatic heterocycles. The van der Waals surface area contributed by atoms with E-state index >= 15 is 0 Å². The van der Waals surface area contributed by atoms with Crippen LogP contribution < -0.4 is 11.4 Å². The first-order valence-electron chi connectivity index (χ1n) is 6.56. The van der Waals surface area contributed by atoms with Gasteiger partial charge in [0.1, 0.15) is 0 Å². The van der Waals surface area contributed by atoms with Crippen molar-refractivity contribution in [3.8, 4) is 5.75 Å². The third kappa shape index (κ3) is 4.05. The number of hydrogen-bond acceptors (Lipinski definition) is 2. The van der Waals surface area contributed by atoms with Crippen molar-refractivity contribution in [1.29, 1.82) is 0 Å². The molecule has 0 aliphatic carbocycles. The first-order chi connectivity index (χ1) is 9.00. The van der Waals surface area contributed by atoms with Crippen LogP contribution in [0.2, 0.25) is 4.18 Å². The SMILES string of the molecule is CCCOc1cc[c]([In]2[CH2]CC(C(F)(F)F)[NH]2)cc1. The van der Waals surface area contributed by atoms with Gasteiger partial charge >= 0.3 is 119 Å². The maximum absolute atomic E-state index is 12.6. The van der Waals surface area contributed by atoms with Gasteiger partial charge in [0.2, 0.25) is 0 Å². The number of halogens is 3. The van der Waals surface area contributed by atoms with Crippen molar-refractivity contribution < 1.29 is 17.9 Å². The van der Waals surface area contributed by atoms with Crippen LogP contribution in [-0.2, 0) is 0 Å². The van der Waals surface area contributed by atoms with Crippen molar-refractivity contribution in [3.05, 3.63) is 24.3 Å². The summed E-state index contributed by atoms with van der Waals surface area (Å²) in [6.45, 7) is 2.70. The Labute approximate surface area is 119 Å². The second-order valence-corrected chi connectivity index (χ2v) is 12.5. The molecule has 1 saturated heterocycles. The van der Waals surface area contributed by atoms with Gasteiger partial charge < -0.3 is 0 Å². The summed E-state index contributed by atoms with van der Waals surface area (Å²) in [6, 6.07) is 6.30. The molecule has 1 aliphatic heterocycles. The van der Waals surface area contributed by atoms with Gasteiger partial charge in [-0.3, -0.25) is 0 Å². The molecular formula is C13H17F3InNO. The summed E-state index contributed by atoms with van der Waals surface area (Å²) in [7, 11) is 0. The molecule has 104 valence electrons. The zero-order valence-electron chi connectivity index (χ0n) is 10.8. The van der Waals surface area contributed by atoms with Crippen molar-refractivity contribution in [2.45, 2.75) is 36.2 Å². The van der Waals surface area contributed by atoms with Gasteiger partial charge in [-0.05, 0) is 0 Å². The molecule has 0 amide bonds. The van der Waals surface area contributed by atoms with E-state index in [1.807, 2.05) is 31.2 Å². The van der Waals surface area contributed by atoms with Crippen LogP contribution in [0.1, 0.15) is 19.8 Å². The second kappa shape index (κ2) is 6.39. The molecule has 1 aromatic rings. The minimum atomic E-state index is -4.10. The van der Waals surface area contributed by atoms with Gasteiger partial charge in [-0.2, -0.15) is 0 Å². The molecule has 0 saturated carbocycles. The fourth-order valence-electron chi connectivity index (χ4n) is 2.28. The molecule has 2 nitrogen and oxygen atoms in total. The predicted molar refractivity (Wildman–Crippen MR) is 70.0 cm³/mol. The van der Waals surface area contributed by atoms with Gasteiger partial charge in [0, 0.05) is 0 Å². The van der Waals surface area contributed by atoms with Gasteiger partial charge in [0.15, 0.2) is 0 Å². The zero-order valence-corrected chi connectivity index (χ0v) is 14.1. The molecule has 1 unspecified atom stereocenters. The number of alkyl halides is 3. The van der Waals surface area contributed by atoms with Crippen molar-refractivity contribution in [3.63, 3.8) is 0 Å². The fraction of sp³-hybridized carbons (Fsp3) is 0.538. The topological polar surface area (TPSA) is 21.3 Å². The number of nitrogens with one attached hydrogen (secondary N) is 1. The summed E-state index contributed by atoms with van der Waals surface area (Å²) >= 11 is -2.42. The summed E-state index contributed by atoms with van der Waals surface area (Å²) in [5.41, 5.74) is 0. The summed E-state index contributed by atoms with van der Waals surface area (Å²) in [5, 5.41) is 0. The van der Waals surface area contributed by atoms with E-state index in [9.17, 15) is 13.2 Å². The van der Waals surface area contributed by atoms with E-state index in [4.69, 9.17) is 4.74 Å². The Hall–Kier alpha value is -0.360. The molecular weight excluding hydrogens is 358 g/mol. The molecule has 19 heavy (non-hydrogen) atoms. The Balaban J connectivity index is 1.96. The molecule has 1 fully saturated rings. The van der Waals surface area contributed by atoms with E-state index in [1.165, 1.54) is 0 Å². The van der Waals surface area contributed by atoms with Gasteiger partial charge in [-0.15, -0.1) is 0 Å². The van der Waals surface area contributed by atoms with E-state index in [2.05, 4.69) is 3.30 Å². The summed E-state index contributed by atoms with van der Waals surface area (Å²) < 4.78 is 48.0. The van der Waals surface area contributed by atoms with Crippen molar-refractivity contribution in [2.24, 2.45) is 0 Å². The quantitative estimate of drug-likeness (QED) is 0.874. The van der Waals surface area contributed by atoms with Crippen molar-refractivity contribution in [2.75, 3.05) is 6.61 Å². The van der Waals surface area contributed by atoms with Crippen LogP contribution in [0.3, 0.4) is 0 Å². The second-order valence-electron chi connectivity index (χ2n) is 4.81. The van der Waals surface area contributed by atoms with Crippen LogP contribution in [-0.4, -0.2) is 40.6 Å². The third-order valence-corrected chi connectivity index (χ3v) is 11.6. The van der Waals surface area contributed by atoms with E-state index in [0.717, 1.165) is 19.7 Å². The molecule has 1 aliphatic rings. The Morgan fingerprint density at radius 3 is 2.53 bits per heavy atom. The molecule has 0 spiro atoms. The first-order valence-corrected chi connectivity index (χ1v) is 12.2. The molecule has 1 atom stereocenters. The van der Waals surface area contributed by atoms with Gasteiger partial charge in [-0.1, -0.05) is 0 Å². The normalized spacial score (nSPS) is 19.8. The number of benzene rings is 1. The third-order valence-electron chi connectivity index (χ3n) is 3.30. The molecule has 0 bridgehead atoms. The van der Waals surface area contributed by atoms with Crippen LogP contribution in [0.25, 0.3) is 0 Å². The Morgan fingerprint density at radius 2 is 2.00 bits per heavy atom. The van der Waals surface area contributed by atoms with E-state index in [0.29, 0.717) is 6.61 Å². The van der Waals surface area contributed by atoms with Crippen LogP contribution in [0.15, 0.2) is 24.3 Å². The Bertz CT molecular complexity index is 407. The molecule has 2 rings (SSSR count). The fourth-order valence-corrected chi connectivity index (χ4v) is 10.4. The number of rotatable bonds is 4. The average molecular weight is 375 g/mol. The standard InChI is InChI=1S/C9H11O.C4H6F3N.In/c1-2-8-10-9-6-4-3-5-7-9;1-2-3(8)4(5,6)7;/h4-7H,2,8H2,1H3;3,8H,1-2H2;/q;-1;+1. The van der Waals surface area contributed by atoms with E-state index < -0.39 is 33.9 Å². The Kier molecular flexibility index (Phi) is 5.06. The zero-order chi connectivity index (χ0) is 13.9. The van der Waals surface area contributed by atoms with Crippen LogP contribution in [0.4, 0.5) is 13.2 Å². The number of ether oxygens (including phenoxy) is 1. The average Bonchev–Trinajstić information content (AvgIpc) is 2.86. The number of hydrogen-bond donors (Lipinski definition) is 1. The summed E-state index contributed by atoms with van der Waals surface area (Å²) in [4.78, 5) is 0. The first kappa shape index (κ1) is 15.0. The van der Waals surface area contributed by atoms with E-state index in [-0.39, 0.29) is 6.42 Å². The summed E-state index contributed by atoms with van der Waals surface area (Å²) in [6.07, 6.45) is -2.92. The van der Waals surface area contributed by atoms with Crippen molar-refractivity contribution in [1.82, 2.24) is 3.30 Å². The predicted octanol–water partition coefficient (Wildman–Crippen LogP) is 2.60. The van der Waals surface area contributed by atoms with E-state index in [1.54, 1.807) is 0 Å². The molecule has 6 heteroatoms. The molecule has 1 N–H and O–H groups in total. The van der Waals surface area contributed by atoms with Crippen LogP contribution in [0.5, 0.6) is 5.75 Å². The minimum absolute atomic E-state index is 0.234. The molecule has 1 aromatic carbocycles. The maximum atomic E-state index is 12.6.